The highest BCUT2D eigenvalue weighted by atomic mass is 32.2. The minimum Gasteiger partial charge on any atom is -0.496 e. The van der Waals surface area contributed by atoms with Crippen molar-refractivity contribution in [2.75, 3.05) is 26.0 Å². The standard InChI is InChI=1S/C12H14FNO4S/c1-18-12-4-3-9(13)7-10(12)11(15)8-14-5-2-6-19(14,16)17/h3-4,7H,2,5-6,8H2,1H3. The number of ketones is 1. The minimum absolute atomic E-state index is 0.0561. The Bertz CT molecular complexity index is 600. The van der Waals surface area contributed by atoms with Gasteiger partial charge in [-0.3, -0.25) is 4.79 Å². The van der Waals surface area contributed by atoms with E-state index < -0.39 is 21.6 Å². The Hall–Kier alpha value is -1.47. The molecule has 0 radical (unpaired) electrons. The summed E-state index contributed by atoms with van der Waals surface area (Å²) in [6.45, 7) is 0.0495. The Labute approximate surface area is 111 Å². The maximum atomic E-state index is 13.2. The van der Waals surface area contributed by atoms with Crippen LogP contribution in [0.3, 0.4) is 0 Å². The second-order valence-electron chi connectivity index (χ2n) is 4.27. The first kappa shape index (κ1) is 14.0. The molecular weight excluding hydrogens is 273 g/mol. The third kappa shape index (κ3) is 2.93. The lowest BCUT2D eigenvalue weighted by atomic mass is 10.1. The van der Waals surface area contributed by atoms with E-state index >= 15 is 0 Å². The maximum absolute atomic E-state index is 13.2. The van der Waals surface area contributed by atoms with Crippen molar-refractivity contribution in [2.45, 2.75) is 6.42 Å². The molecule has 19 heavy (non-hydrogen) atoms. The molecule has 0 atom stereocenters. The second kappa shape index (κ2) is 5.26. The average Bonchev–Trinajstić information content (AvgIpc) is 2.68. The molecule has 7 heteroatoms. The quantitative estimate of drug-likeness (QED) is 0.777. The molecule has 0 spiro atoms. The third-order valence-electron chi connectivity index (χ3n) is 2.99. The van der Waals surface area contributed by atoms with Crippen LogP contribution in [-0.2, 0) is 10.0 Å². The number of ether oxygens (including phenoxy) is 1. The molecule has 0 unspecified atom stereocenters. The Balaban J connectivity index is 2.23. The van der Waals surface area contributed by atoms with Gasteiger partial charge in [0.15, 0.2) is 5.78 Å². The van der Waals surface area contributed by atoms with Gasteiger partial charge >= 0.3 is 0 Å². The summed E-state index contributed by atoms with van der Waals surface area (Å²) < 4.78 is 42.5. The van der Waals surface area contributed by atoms with Gasteiger partial charge in [0.05, 0.1) is 25.0 Å². The SMILES string of the molecule is COc1ccc(F)cc1C(=O)CN1CCCS1(=O)=O. The van der Waals surface area contributed by atoms with Gasteiger partial charge in [-0.15, -0.1) is 0 Å². The van der Waals surface area contributed by atoms with E-state index in [1.54, 1.807) is 0 Å². The average molecular weight is 287 g/mol. The molecule has 0 aliphatic carbocycles. The summed E-state index contributed by atoms with van der Waals surface area (Å²) >= 11 is 0. The molecule has 0 aromatic heterocycles. The van der Waals surface area contributed by atoms with E-state index in [9.17, 15) is 17.6 Å². The Morgan fingerprint density at radius 3 is 2.79 bits per heavy atom. The summed E-state index contributed by atoms with van der Waals surface area (Å²) in [5.74, 6) is -0.737. The summed E-state index contributed by atoms with van der Waals surface area (Å²) in [4.78, 5) is 12.1. The number of rotatable bonds is 4. The van der Waals surface area contributed by atoms with Gasteiger partial charge in [0, 0.05) is 6.54 Å². The topological polar surface area (TPSA) is 63.7 Å². The first-order chi connectivity index (χ1) is 8.94. The van der Waals surface area contributed by atoms with Crippen LogP contribution in [0, 0.1) is 5.82 Å². The van der Waals surface area contributed by atoms with Crippen molar-refractivity contribution in [3.05, 3.63) is 29.6 Å². The van der Waals surface area contributed by atoms with Gasteiger partial charge < -0.3 is 4.74 Å². The zero-order valence-electron chi connectivity index (χ0n) is 10.4. The van der Waals surface area contributed by atoms with Gasteiger partial charge in [-0.2, -0.15) is 4.31 Å². The molecule has 0 amide bonds. The second-order valence-corrected chi connectivity index (χ2v) is 6.36. The first-order valence-electron chi connectivity index (χ1n) is 5.78. The van der Waals surface area contributed by atoms with Crippen molar-refractivity contribution in [3.63, 3.8) is 0 Å². The number of hydrogen-bond donors (Lipinski definition) is 0. The molecule has 104 valence electrons. The first-order valence-corrected chi connectivity index (χ1v) is 7.39. The monoisotopic (exact) mass is 287 g/mol. The molecule has 2 rings (SSSR count). The van der Waals surface area contributed by atoms with Crippen molar-refractivity contribution in [3.8, 4) is 5.75 Å². The van der Waals surface area contributed by atoms with Crippen LogP contribution >= 0.6 is 0 Å². The Morgan fingerprint density at radius 2 is 2.21 bits per heavy atom. The van der Waals surface area contributed by atoms with Crippen LogP contribution in [0.15, 0.2) is 18.2 Å². The molecule has 1 aromatic rings. The van der Waals surface area contributed by atoms with E-state index in [1.807, 2.05) is 0 Å². The van der Waals surface area contributed by atoms with E-state index in [2.05, 4.69) is 0 Å². The van der Waals surface area contributed by atoms with Gasteiger partial charge in [0.2, 0.25) is 10.0 Å². The van der Waals surface area contributed by atoms with Gasteiger partial charge in [-0.25, -0.2) is 12.8 Å². The summed E-state index contributed by atoms with van der Waals surface area (Å²) in [5, 5.41) is 0. The molecule has 0 N–H and O–H groups in total. The fourth-order valence-corrected chi connectivity index (χ4v) is 3.49. The van der Waals surface area contributed by atoms with Crippen molar-refractivity contribution < 1.29 is 22.3 Å². The smallest absolute Gasteiger partial charge is 0.214 e. The number of halogens is 1. The number of nitrogens with zero attached hydrogens (tertiary/aromatic N) is 1. The van der Waals surface area contributed by atoms with Crippen molar-refractivity contribution in [1.29, 1.82) is 0 Å². The van der Waals surface area contributed by atoms with E-state index in [4.69, 9.17) is 4.74 Å². The lowest BCUT2D eigenvalue weighted by Gasteiger charge is -2.14. The molecule has 1 saturated heterocycles. The zero-order chi connectivity index (χ0) is 14.0. The number of carbonyl (C=O) groups excluding carboxylic acids is 1. The van der Waals surface area contributed by atoms with Crippen LogP contribution in [0.5, 0.6) is 5.75 Å². The normalized spacial score (nSPS) is 18.4. The molecule has 1 heterocycles. The van der Waals surface area contributed by atoms with Crippen molar-refractivity contribution in [1.82, 2.24) is 4.31 Å². The van der Waals surface area contributed by atoms with E-state index in [0.717, 1.165) is 10.4 Å². The summed E-state index contributed by atoms with van der Waals surface area (Å²) in [6.07, 6.45) is 0.510. The van der Waals surface area contributed by atoms with Crippen LogP contribution in [0.4, 0.5) is 4.39 Å². The van der Waals surface area contributed by atoms with Crippen LogP contribution in [0.25, 0.3) is 0 Å². The number of sulfonamides is 1. The van der Waals surface area contributed by atoms with E-state index in [1.165, 1.54) is 19.2 Å². The Morgan fingerprint density at radius 1 is 1.47 bits per heavy atom. The predicted molar refractivity (Wildman–Crippen MR) is 67.3 cm³/mol. The molecule has 0 saturated carbocycles. The van der Waals surface area contributed by atoms with Crippen molar-refractivity contribution >= 4 is 15.8 Å². The molecule has 1 fully saturated rings. The number of Topliss-reactive ketones (excluding diaryl/α,β-unsaturated/α-hetero) is 1. The summed E-state index contributed by atoms with van der Waals surface area (Å²) in [6, 6.07) is 3.59. The van der Waals surface area contributed by atoms with E-state index in [-0.39, 0.29) is 23.6 Å². The lowest BCUT2D eigenvalue weighted by Crippen LogP contribution is -2.31. The third-order valence-corrected chi connectivity index (χ3v) is 4.89. The molecule has 1 aromatic carbocycles. The number of carbonyl (C=O) groups is 1. The fourth-order valence-electron chi connectivity index (χ4n) is 2.01. The summed E-state index contributed by atoms with van der Waals surface area (Å²) in [7, 11) is -1.97. The molecule has 1 aliphatic heterocycles. The maximum Gasteiger partial charge on any atom is 0.214 e. The van der Waals surface area contributed by atoms with E-state index in [0.29, 0.717) is 13.0 Å². The zero-order valence-corrected chi connectivity index (χ0v) is 11.2. The fraction of sp³-hybridized carbons (Fsp3) is 0.417. The Kier molecular flexibility index (Phi) is 3.86. The largest absolute Gasteiger partial charge is 0.496 e. The predicted octanol–water partition coefficient (Wildman–Crippen LogP) is 1.05. The summed E-state index contributed by atoms with van der Waals surface area (Å²) in [5.41, 5.74) is 0.0598. The van der Waals surface area contributed by atoms with Gasteiger partial charge in [-0.05, 0) is 24.6 Å². The highest BCUT2D eigenvalue weighted by molar-refractivity contribution is 7.89. The van der Waals surface area contributed by atoms with Crippen LogP contribution in [-0.4, -0.2) is 44.5 Å². The number of hydrogen-bond acceptors (Lipinski definition) is 4. The molecular formula is C12H14FNO4S. The highest BCUT2D eigenvalue weighted by Crippen LogP contribution is 2.22. The highest BCUT2D eigenvalue weighted by Gasteiger charge is 2.30. The van der Waals surface area contributed by atoms with Crippen LogP contribution in [0.2, 0.25) is 0 Å². The van der Waals surface area contributed by atoms with Crippen LogP contribution < -0.4 is 4.74 Å². The molecule has 5 nitrogen and oxygen atoms in total. The van der Waals surface area contributed by atoms with Gasteiger partial charge in [0.1, 0.15) is 11.6 Å². The van der Waals surface area contributed by atoms with Gasteiger partial charge in [0.25, 0.3) is 0 Å². The lowest BCUT2D eigenvalue weighted by molar-refractivity contribution is 0.0965. The molecule has 0 bridgehead atoms. The van der Waals surface area contributed by atoms with Crippen molar-refractivity contribution in [2.24, 2.45) is 0 Å². The van der Waals surface area contributed by atoms with Crippen LogP contribution in [0.1, 0.15) is 16.8 Å². The van der Waals surface area contributed by atoms with Gasteiger partial charge in [-0.1, -0.05) is 0 Å². The minimum atomic E-state index is -3.34. The molecule has 1 aliphatic rings. The number of methoxy groups -OCH3 is 1. The number of benzene rings is 1.